The predicted octanol–water partition coefficient (Wildman–Crippen LogP) is 2.02. The summed E-state index contributed by atoms with van der Waals surface area (Å²) in [5.74, 6) is 1.70. The van der Waals surface area contributed by atoms with Gasteiger partial charge in [0.15, 0.2) is 21.3 Å². The first-order chi connectivity index (χ1) is 14.4. The Bertz CT molecular complexity index is 1030. The maximum absolute atomic E-state index is 12.8. The van der Waals surface area contributed by atoms with Crippen LogP contribution in [0.3, 0.4) is 0 Å². The van der Waals surface area contributed by atoms with Gasteiger partial charge in [-0.15, -0.1) is 10.2 Å². The van der Waals surface area contributed by atoms with Crippen molar-refractivity contribution < 1.29 is 27.1 Å². The average Bonchev–Trinajstić information content (AvgIpc) is 3.33. The number of aromatic nitrogens is 2. The molecule has 0 spiro atoms. The molecule has 30 heavy (non-hydrogen) atoms. The minimum absolute atomic E-state index is 0.0594. The van der Waals surface area contributed by atoms with Crippen LogP contribution in [0.25, 0.3) is 11.5 Å². The van der Waals surface area contributed by atoms with Gasteiger partial charge in [0.05, 0.1) is 31.5 Å². The van der Waals surface area contributed by atoms with Crippen molar-refractivity contribution in [2.24, 2.45) is 0 Å². The number of hydrogen-bond donors (Lipinski definition) is 0. The second kappa shape index (κ2) is 8.46. The number of nitrogens with zero attached hydrogens (tertiary/aromatic N) is 3. The van der Waals surface area contributed by atoms with E-state index >= 15 is 0 Å². The van der Waals surface area contributed by atoms with E-state index in [2.05, 4.69) is 10.2 Å². The molecule has 1 amide bonds. The van der Waals surface area contributed by atoms with Crippen molar-refractivity contribution in [1.29, 1.82) is 0 Å². The van der Waals surface area contributed by atoms with Gasteiger partial charge in [-0.05, 0) is 37.5 Å². The van der Waals surface area contributed by atoms with E-state index in [1.54, 1.807) is 37.3 Å². The van der Waals surface area contributed by atoms with E-state index in [1.165, 1.54) is 0 Å². The highest BCUT2D eigenvalue weighted by Crippen LogP contribution is 2.34. The number of hydrogen-bond acceptors (Lipinski definition) is 9. The van der Waals surface area contributed by atoms with E-state index in [9.17, 15) is 13.2 Å². The summed E-state index contributed by atoms with van der Waals surface area (Å²) in [5, 5.41) is 8.34. The standard InChI is InChI=1S/C19H23N3O6S2/c1-26-15-6-3-12(9-16(15)27-2)18-20-21-19(28-18)29-10-17(23)22(13-4-5-13)14-7-8-30(24,25)11-14/h3,6,9,13-14H,4-5,7-8,10-11H2,1-2H3/t14-/m0/s1. The Kier molecular flexibility index (Phi) is 5.92. The Morgan fingerprint density at radius 3 is 2.57 bits per heavy atom. The summed E-state index contributed by atoms with van der Waals surface area (Å²) in [4.78, 5) is 14.6. The van der Waals surface area contributed by atoms with Crippen molar-refractivity contribution >= 4 is 27.5 Å². The Morgan fingerprint density at radius 2 is 1.93 bits per heavy atom. The highest BCUT2D eigenvalue weighted by atomic mass is 32.2. The van der Waals surface area contributed by atoms with Gasteiger partial charge in [-0.2, -0.15) is 0 Å². The minimum atomic E-state index is -3.05. The van der Waals surface area contributed by atoms with E-state index in [0.717, 1.165) is 24.6 Å². The Labute approximate surface area is 179 Å². The van der Waals surface area contributed by atoms with Crippen molar-refractivity contribution in [1.82, 2.24) is 15.1 Å². The van der Waals surface area contributed by atoms with Crippen LogP contribution in [0.1, 0.15) is 19.3 Å². The lowest BCUT2D eigenvalue weighted by Gasteiger charge is -2.28. The SMILES string of the molecule is COc1ccc(-c2nnc(SCC(=O)N(C3CC3)[C@H]3CCS(=O)(=O)C3)o2)cc1OC. The molecule has 1 atom stereocenters. The molecule has 1 saturated carbocycles. The lowest BCUT2D eigenvalue weighted by Crippen LogP contribution is -2.43. The summed E-state index contributed by atoms with van der Waals surface area (Å²) >= 11 is 1.16. The van der Waals surface area contributed by atoms with Gasteiger partial charge in [0.1, 0.15) is 0 Å². The van der Waals surface area contributed by atoms with Gasteiger partial charge in [0.25, 0.3) is 5.22 Å². The van der Waals surface area contributed by atoms with Gasteiger partial charge in [0.2, 0.25) is 11.8 Å². The molecule has 162 valence electrons. The third-order valence-corrected chi connectivity index (χ3v) is 7.74. The van der Waals surface area contributed by atoms with Crippen molar-refractivity contribution in [2.75, 3.05) is 31.5 Å². The molecule has 0 unspecified atom stereocenters. The number of rotatable bonds is 8. The van der Waals surface area contributed by atoms with Crippen LogP contribution in [0.5, 0.6) is 11.5 Å². The monoisotopic (exact) mass is 453 g/mol. The molecular weight excluding hydrogens is 430 g/mol. The van der Waals surface area contributed by atoms with E-state index in [1.807, 2.05) is 0 Å². The van der Waals surface area contributed by atoms with E-state index < -0.39 is 9.84 Å². The van der Waals surface area contributed by atoms with Crippen LogP contribution < -0.4 is 9.47 Å². The number of carbonyl (C=O) groups is 1. The van der Waals surface area contributed by atoms with E-state index in [0.29, 0.717) is 29.4 Å². The maximum atomic E-state index is 12.8. The molecule has 9 nitrogen and oxygen atoms in total. The van der Waals surface area contributed by atoms with Crippen LogP contribution in [-0.4, -0.2) is 73.0 Å². The summed E-state index contributed by atoms with van der Waals surface area (Å²) in [6, 6.07) is 5.20. The van der Waals surface area contributed by atoms with E-state index in [-0.39, 0.29) is 40.5 Å². The molecule has 1 aliphatic carbocycles. The lowest BCUT2D eigenvalue weighted by molar-refractivity contribution is -0.130. The fourth-order valence-electron chi connectivity index (χ4n) is 3.60. The normalized spacial score (nSPS) is 20.1. The van der Waals surface area contributed by atoms with Crippen LogP contribution >= 0.6 is 11.8 Å². The van der Waals surface area contributed by atoms with Gasteiger partial charge < -0.3 is 18.8 Å². The molecule has 2 heterocycles. The quantitative estimate of drug-likeness (QED) is 0.554. The highest BCUT2D eigenvalue weighted by molar-refractivity contribution is 7.99. The number of sulfone groups is 1. The zero-order chi connectivity index (χ0) is 21.3. The van der Waals surface area contributed by atoms with Crippen LogP contribution in [0.4, 0.5) is 0 Å². The zero-order valence-corrected chi connectivity index (χ0v) is 18.4. The number of benzene rings is 1. The van der Waals surface area contributed by atoms with Crippen LogP contribution in [0, 0.1) is 0 Å². The van der Waals surface area contributed by atoms with Gasteiger partial charge in [-0.3, -0.25) is 4.79 Å². The van der Waals surface area contributed by atoms with Crippen LogP contribution in [0.15, 0.2) is 27.8 Å². The summed E-state index contributed by atoms with van der Waals surface area (Å²) in [6.45, 7) is 0. The van der Waals surface area contributed by atoms with Crippen molar-refractivity contribution in [2.45, 2.75) is 36.6 Å². The van der Waals surface area contributed by atoms with Crippen molar-refractivity contribution in [3.63, 3.8) is 0 Å². The summed E-state index contributed by atoms with van der Waals surface area (Å²) < 4.78 is 39.8. The van der Waals surface area contributed by atoms with Crippen molar-refractivity contribution in [3.05, 3.63) is 18.2 Å². The van der Waals surface area contributed by atoms with Gasteiger partial charge in [-0.25, -0.2) is 8.42 Å². The first-order valence-corrected chi connectivity index (χ1v) is 12.4. The molecule has 2 aromatic rings. The molecule has 0 radical (unpaired) electrons. The lowest BCUT2D eigenvalue weighted by atomic mass is 10.2. The number of carbonyl (C=O) groups excluding carboxylic acids is 1. The molecule has 1 aromatic heterocycles. The molecule has 2 aliphatic rings. The molecule has 1 aliphatic heterocycles. The first kappa shape index (κ1) is 21.0. The third-order valence-electron chi connectivity index (χ3n) is 5.19. The van der Waals surface area contributed by atoms with Gasteiger partial charge in [-0.1, -0.05) is 11.8 Å². The Hall–Kier alpha value is -2.27. The van der Waals surface area contributed by atoms with Gasteiger partial charge in [0, 0.05) is 17.6 Å². The fraction of sp³-hybridized carbons (Fsp3) is 0.526. The second-order valence-electron chi connectivity index (χ2n) is 7.32. The smallest absolute Gasteiger partial charge is 0.277 e. The molecule has 0 N–H and O–H groups in total. The first-order valence-electron chi connectivity index (χ1n) is 9.60. The minimum Gasteiger partial charge on any atom is -0.493 e. The second-order valence-corrected chi connectivity index (χ2v) is 10.5. The number of thioether (sulfide) groups is 1. The molecule has 0 bridgehead atoms. The summed E-state index contributed by atoms with van der Waals surface area (Å²) in [6.07, 6.45) is 2.37. The molecule has 1 saturated heterocycles. The van der Waals surface area contributed by atoms with Crippen molar-refractivity contribution in [3.8, 4) is 23.0 Å². The third kappa shape index (κ3) is 4.56. The molecule has 2 fully saturated rings. The highest BCUT2D eigenvalue weighted by Gasteiger charge is 2.42. The van der Waals surface area contributed by atoms with Crippen LogP contribution in [-0.2, 0) is 14.6 Å². The number of ether oxygens (including phenoxy) is 2. The molecule has 1 aromatic carbocycles. The molecular formula is C19H23N3O6S2. The Balaban J connectivity index is 1.41. The van der Waals surface area contributed by atoms with E-state index in [4.69, 9.17) is 13.9 Å². The fourth-order valence-corrected chi connectivity index (χ4v) is 5.95. The largest absolute Gasteiger partial charge is 0.493 e. The molecule has 11 heteroatoms. The number of amides is 1. The van der Waals surface area contributed by atoms with Crippen LogP contribution in [0.2, 0.25) is 0 Å². The molecule has 4 rings (SSSR count). The maximum Gasteiger partial charge on any atom is 0.277 e. The average molecular weight is 454 g/mol. The zero-order valence-electron chi connectivity index (χ0n) is 16.7. The summed E-state index contributed by atoms with van der Waals surface area (Å²) in [7, 11) is 0.0569. The number of methoxy groups -OCH3 is 2. The Morgan fingerprint density at radius 1 is 1.17 bits per heavy atom. The predicted molar refractivity (Wildman–Crippen MR) is 110 cm³/mol. The topological polar surface area (TPSA) is 112 Å². The van der Waals surface area contributed by atoms with Gasteiger partial charge >= 0.3 is 0 Å². The summed E-state index contributed by atoms with van der Waals surface area (Å²) in [5.41, 5.74) is 0.675.